The van der Waals surface area contributed by atoms with Crippen LogP contribution in [0.2, 0.25) is 5.15 Å². The number of nitrogens with one attached hydrogen (secondary N) is 1. The van der Waals surface area contributed by atoms with Crippen LogP contribution in [0.15, 0.2) is 17.7 Å². The number of halogens is 1. The lowest BCUT2D eigenvalue weighted by atomic mass is 10.1. The SMILES string of the molecule is NC(=O)c1cc(Cl)nnc1NCCC1=CCCCCC1. The zero-order valence-corrected chi connectivity index (χ0v) is 12.1. The van der Waals surface area contributed by atoms with Gasteiger partial charge in [0, 0.05) is 6.54 Å². The van der Waals surface area contributed by atoms with E-state index in [1.54, 1.807) is 0 Å². The summed E-state index contributed by atoms with van der Waals surface area (Å²) >= 11 is 5.72. The molecule has 108 valence electrons. The number of nitrogens with zero attached hydrogens (tertiary/aromatic N) is 2. The molecule has 0 atom stereocenters. The van der Waals surface area contributed by atoms with Crippen LogP contribution in [0.5, 0.6) is 0 Å². The summed E-state index contributed by atoms with van der Waals surface area (Å²) in [6.45, 7) is 0.711. The van der Waals surface area contributed by atoms with E-state index in [9.17, 15) is 4.79 Å². The van der Waals surface area contributed by atoms with E-state index in [-0.39, 0.29) is 10.7 Å². The second-order valence-corrected chi connectivity index (χ2v) is 5.32. The molecule has 5 nitrogen and oxygen atoms in total. The molecule has 0 aromatic carbocycles. The molecule has 0 saturated heterocycles. The topological polar surface area (TPSA) is 80.9 Å². The maximum atomic E-state index is 11.3. The Morgan fingerprint density at radius 2 is 2.20 bits per heavy atom. The molecule has 0 bridgehead atoms. The van der Waals surface area contributed by atoms with Gasteiger partial charge < -0.3 is 11.1 Å². The number of hydrogen-bond acceptors (Lipinski definition) is 4. The Labute approximate surface area is 123 Å². The molecule has 0 spiro atoms. The summed E-state index contributed by atoms with van der Waals surface area (Å²) in [5.74, 6) is -0.158. The lowest BCUT2D eigenvalue weighted by Crippen LogP contribution is -2.17. The molecule has 1 amide bonds. The van der Waals surface area contributed by atoms with Gasteiger partial charge in [0.25, 0.3) is 5.91 Å². The minimum Gasteiger partial charge on any atom is -0.368 e. The number of nitrogens with two attached hydrogens (primary N) is 1. The molecule has 0 fully saturated rings. The van der Waals surface area contributed by atoms with Gasteiger partial charge in [-0.3, -0.25) is 4.79 Å². The van der Waals surface area contributed by atoms with Crippen LogP contribution in [0.3, 0.4) is 0 Å². The van der Waals surface area contributed by atoms with Gasteiger partial charge in [-0.15, -0.1) is 10.2 Å². The fourth-order valence-corrected chi connectivity index (χ4v) is 2.48. The molecule has 3 N–H and O–H groups in total. The first-order chi connectivity index (χ1) is 9.66. The lowest BCUT2D eigenvalue weighted by molar-refractivity contribution is 0.100. The number of hydrogen-bond donors (Lipinski definition) is 2. The van der Waals surface area contributed by atoms with Crippen LogP contribution in [-0.2, 0) is 0 Å². The average Bonchev–Trinajstić information content (AvgIpc) is 2.69. The molecule has 0 saturated carbocycles. The highest BCUT2D eigenvalue weighted by molar-refractivity contribution is 6.29. The quantitative estimate of drug-likeness (QED) is 0.818. The zero-order chi connectivity index (χ0) is 14.4. The Morgan fingerprint density at radius 3 is 3.00 bits per heavy atom. The number of amides is 1. The largest absolute Gasteiger partial charge is 0.368 e. The lowest BCUT2D eigenvalue weighted by Gasteiger charge is -2.10. The summed E-state index contributed by atoms with van der Waals surface area (Å²) in [5.41, 5.74) is 7.05. The van der Waals surface area contributed by atoms with E-state index >= 15 is 0 Å². The van der Waals surface area contributed by atoms with E-state index in [2.05, 4.69) is 21.6 Å². The van der Waals surface area contributed by atoms with Gasteiger partial charge in [-0.1, -0.05) is 29.7 Å². The minimum atomic E-state index is -0.557. The number of carbonyl (C=O) groups excluding carboxylic acids is 1. The summed E-state index contributed by atoms with van der Waals surface area (Å²) < 4.78 is 0. The third-order valence-electron chi connectivity index (χ3n) is 3.40. The van der Waals surface area contributed by atoms with Crippen LogP contribution >= 0.6 is 11.6 Å². The first kappa shape index (κ1) is 14.8. The van der Waals surface area contributed by atoms with E-state index in [0.717, 1.165) is 12.8 Å². The number of primary amides is 1. The summed E-state index contributed by atoms with van der Waals surface area (Å²) in [6.07, 6.45) is 9.46. The number of carbonyl (C=O) groups is 1. The summed E-state index contributed by atoms with van der Waals surface area (Å²) in [4.78, 5) is 11.3. The second-order valence-electron chi connectivity index (χ2n) is 4.93. The average molecular weight is 295 g/mol. The molecule has 1 aliphatic rings. The Morgan fingerprint density at radius 1 is 1.35 bits per heavy atom. The first-order valence-corrected chi connectivity index (χ1v) is 7.29. The van der Waals surface area contributed by atoms with Gasteiger partial charge in [0.2, 0.25) is 0 Å². The van der Waals surface area contributed by atoms with Crippen molar-refractivity contribution in [2.24, 2.45) is 5.73 Å². The fraction of sp³-hybridized carbons (Fsp3) is 0.500. The molecule has 0 radical (unpaired) electrons. The Hall–Kier alpha value is -1.62. The van der Waals surface area contributed by atoms with E-state index in [1.807, 2.05) is 0 Å². The maximum Gasteiger partial charge on any atom is 0.252 e. The summed E-state index contributed by atoms with van der Waals surface area (Å²) in [7, 11) is 0. The van der Waals surface area contributed by atoms with Crippen molar-refractivity contribution in [3.8, 4) is 0 Å². The van der Waals surface area contributed by atoms with Crippen LogP contribution in [0.25, 0.3) is 0 Å². The monoisotopic (exact) mass is 294 g/mol. The van der Waals surface area contributed by atoms with E-state index in [0.29, 0.717) is 12.4 Å². The van der Waals surface area contributed by atoms with Crippen molar-refractivity contribution in [2.75, 3.05) is 11.9 Å². The van der Waals surface area contributed by atoms with Crippen molar-refractivity contribution in [1.29, 1.82) is 0 Å². The molecule has 1 aromatic heterocycles. The third-order valence-corrected chi connectivity index (χ3v) is 3.59. The third kappa shape index (κ3) is 4.20. The van der Waals surface area contributed by atoms with Crippen LogP contribution in [0.4, 0.5) is 5.82 Å². The van der Waals surface area contributed by atoms with Crippen molar-refractivity contribution in [3.05, 3.63) is 28.4 Å². The van der Waals surface area contributed by atoms with E-state index in [4.69, 9.17) is 17.3 Å². The minimum absolute atomic E-state index is 0.163. The van der Waals surface area contributed by atoms with E-state index in [1.165, 1.54) is 37.3 Å². The smallest absolute Gasteiger partial charge is 0.252 e. The van der Waals surface area contributed by atoms with Gasteiger partial charge in [-0.05, 0) is 38.2 Å². The summed E-state index contributed by atoms with van der Waals surface area (Å²) in [6, 6.07) is 1.43. The Bertz CT molecular complexity index is 516. The normalized spacial score (nSPS) is 15.3. The highest BCUT2D eigenvalue weighted by Crippen LogP contribution is 2.20. The van der Waals surface area contributed by atoms with E-state index < -0.39 is 5.91 Å². The van der Waals surface area contributed by atoms with Gasteiger partial charge in [-0.2, -0.15) is 0 Å². The van der Waals surface area contributed by atoms with Crippen molar-refractivity contribution < 1.29 is 4.79 Å². The van der Waals surface area contributed by atoms with Crippen LogP contribution < -0.4 is 11.1 Å². The molecule has 6 heteroatoms. The Balaban J connectivity index is 1.93. The van der Waals surface area contributed by atoms with Gasteiger partial charge in [-0.25, -0.2) is 0 Å². The second kappa shape index (κ2) is 7.24. The van der Waals surface area contributed by atoms with Gasteiger partial charge >= 0.3 is 0 Å². The van der Waals surface area contributed by atoms with Gasteiger partial charge in [0.15, 0.2) is 11.0 Å². The van der Waals surface area contributed by atoms with Gasteiger partial charge in [0.1, 0.15) is 0 Å². The predicted octanol–water partition coefficient (Wildman–Crippen LogP) is 2.92. The molecular weight excluding hydrogens is 276 g/mol. The number of aromatic nitrogens is 2. The number of rotatable bonds is 5. The fourth-order valence-electron chi connectivity index (χ4n) is 2.34. The molecule has 20 heavy (non-hydrogen) atoms. The molecule has 2 rings (SSSR count). The molecule has 1 aromatic rings. The predicted molar refractivity (Wildman–Crippen MR) is 79.8 cm³/mol. The van der Waals surface area contributed by atoms with Crippen molar-refractivity contribution in [3.63, 3.8) is 0 Å². The van der Waals surface area contributed by atoms with Crippen LogP contribution in [-0.4, -0.2) is 22.6 Å². The first-order valence-electron chi connectivity index (χ1n) is 6.91. The van der Waals surface area contributed by atoms with Crippen molar-refractivity contribution in [2.45, 2.75) is 38.5 Å². The molecule has 0 unspecified atom stereocenters. The van der Waals surface area contributed by atoms with Crippen LogP contribution in [0.1, 0.15) is 48.9 Å². The molecule has 1 heterocycles. The van der Waals surface area contributed by atoms with Crippen molar-refractivity contribution >= 4 is 23.3 Å². The van der Waals surface area contributed by atoms with Gasteiger partial charge in [0.05, 0.1) is 5.56 Å². The molecular formula is C14H19ClN4O. The molecule has 0 aliphatic heterocycles. The standard InChI is InChI=1S/C14H19ClN4O/c15-12-9-11(13(16)20)14(19-18-12)17-8-7-10-5-3-1-2-4-6-10/h5,9H,1-4,6-8H2,(H2,16,20)(H,17,19). The number of allylic oxidation sites excluding steroid dienone is 1. The maximum absolute atomic E-state index is 11.3. The van der Waals surface area contributed by atoms with Crippen LogP contribution in [0, 0.1) is 0 Å². The highest BCUT2D eigenvalue weighted by atomic mass is 35.5. The zero-order valence-electron chi connectivity index (χ0n) is 11.4. The number of anilines is 1. The highest BCUT2D eigenvalue weighted by Gasteiger charge is 2.11. The van der Waals surface area contributed by atoms with Crippen molar-refractivity contribution in [1.82, 2.24) is 10.2 Å². The molecule has 1 aliphatic carbocycles. The Kier molecular flexibility index (Phi) is 5.35. The summed E-state index contributed by atoms with van der Waals surface area (Å²) in [5, 5.41) is 10.9.